The smallest absolute Gasteiger partial charge is 0.410 e. The monoisotopic (exact) mass is 403 g/mol. The zero-order valence-corrected chi connectivity index (χ0v) is 17.1. The molecule has 1 aromatic heterocycles. The van der Waals surface area contributed by atoms with E-state index in [0.29, 0.717) is 37.1 Å². The van der Waals surface area contributed by atoms with Crippen LogP contribution in [0.1, 0.15) is 55.6 Å². The molecule has 1 saturated heterocycles. The minimum atomic E-state index is -1.11. The molecular formula is C21H26FN3O4. The van der Waals surface area contributed by atoms with Crippen LogP contribution in [0.25, 0.3) is 11.1 Å². The summed E-state index contributed by atoms with van der Waals surface area (Å²) in [5.74, 6) is -1.56. The van der Waals surface area contributed by atoms with Gasteiger partial charge in [-0.3, -0.25) is 4.68 Å². The van der Waals surface area contributed by atoms with E-state index in [1.165, 1.54) is 19.1 Å². The van der Waals surface area contributed by atoms with Crippen molar-refractivity contribution in [2.24, 2.45) is 0 Å². The number of hydrogen-bond acceptors (Lipinski definition) is 4. The summed E-state index contributed by atoms with van der Waals surface area (Å²) in [6.07, 6.45) is 4.38. The highest BCUT2D eigenvalue weighted by Gasteiger charge is 2.28. The molecule has 1 amide bonds. The second-order valence-electron chi connectivity index (χ2n) is 8.36. The van der Waals surface area contributed by atoms with Crippen LogP contribution in [0.2, 0.25) is 0 Å². The number of halogens is 1. The van der Waals surface area contributed by atoms with E-state index in [9.17, 15) is 19.1 Å². The topological polar surface area (TPSA) is 84.7 Å². The minimum Gasteiger partial charge on any atom is -0.478 e. The number of benzene rings is 1. The second-order valence-corrected chi connectivity index (χ2v) is 8.36. The number of aryl methyl sites for hydroxylation is 1. The van der Waals surface area contributed by atoms with Crippen LogP contribution >= 0.6 is 0 Å². The maximum atomic E-state index is 14.0. The largest absolute Gasteiger partial charge is 0.478 e. The lowest BCUT2D eigenvalue weighted by Gasteiger charge is -2.33. The zero-order valence-electron chi connectivity index (χ0n) is 17.1. The van der Waals surface area contributed by atoms with Gasteiger partial charge in [-0.25, -0.2) is 14.0 Å². The summed E-state index contributed by atoms with van der Waals surface area (Å²) in [5, 5.41) is 13.8. The molecule has 2 heterocycles. The molecule has 0 spiro atoms. The Bertz CT molecular complexity index is 924. The molecule has 8 heteroatoms. The molecule has 0 aliphatic carbocycles. The number of rotatable bonds is 3. The van der Waals surface area contributed by atoms with E-state index in [4.69, 9.17) is 4.74 Å². The lowest BCUT2D eigenvalue weighted by Crippen LogP contribution is -2.42. The van der Waals surface area contributed by atoms with Crippen molar-refractivity contribution >= 4 is 12.1 Å². The Morgan fingerprint density at radius 1 is 1.24 bits per heavy atom. The normalized spacial score (nSPS) is 15.4. The van der Waals surface area contributed by atoms with Crippen LogP contribution < -0.4 is 0 Å². The fourth-order valence-corrected chi connectivity index (χ4v) is 3.41. The quantitative estimate of drug-likeness (QED) is 0.827. The number of piperidine rings is 1. The Hall–Kier alpha value is -2.90. The van der Waals surface area contributed by atoms with Gasteiger partial charge in [0.05, 0.1) is 17.8 Å². The molecule has 0 radical (unpaired) electrons. The van der Waals surface area contributed by atoms with E-state index in [-0.39, 0.29) is 23.3 Å². The van der Waals surface area contributed by atoms with Gasteiger partial charge in [0, 0.05) is 30.4 Å². The average molecular weight is 403 g/mol. The average Bonchev–Trinajstić information content (AvgIpc) is 3.12. The fraction of sp³-hybridized carbons (Fsp3) is 0.476. The van der Waals surface area contributed by atoms with E-state index in [1.807, 2.05) is 20.8 Å². The van der Waals surface area contributed by atoms with Crippen LogP contribution in [-0.2, 0) is 4.74 Å². The first-order chi connectivity index (χ1) is 13.5. The number of ether oxygens (including phenoxy) is 1. The van der Waals surface area contributed by atoms with Crippen LogP contribution in [0.15, 0.2) is 24.5 Å². The number of aromatic nitrogens is 2. The number of hydrogen-bond donors (Lipinski definition) is 1. The number of likely N-dealkylation sites (tertiary alicyclic amines) is 1. The first-order valence-corrected chi connectivity index (χ1v) is 9.61. The molecule has 156 valence electrons. The van der Waals surface area contributed by atoms with Crippen LogP contribution in [0.5, 0.6) is 0 Å². The lowest BCUT2D eigenvalue weighted by molar-refractivity contribution is 0.0184. The number of nitrogens with zero attached hydrogens (tertiary/aromatic N) is 3. The second kappa shape index (κ2) is 7.85. The van der Waals surface area contributed by atoms with Crippen LogP contribution in [0.4, 0.5) is 9.18 Å². The Labute approximate surface area is 169 Å². The summed E-state index contributed by atoms with van der Waals surface area (Å²) in [6.45, 7) is 8.14. The number of aromatic carboxylic acids is 1. The Kier molecular flexibility index (Phi) is 5.64. The van der Waals surface area contributed by atoms with E-state index >= 15 is 0 Å². The molecule has 1 aliphatic rings. The van der Waals surface area contributed by atoms with Gasteiger partial charge in [0.1, 0.15) is 11.4 Å². The number of amides is 1. The zero-order chi connectivity index (χ0) is 21.3. The lowest BCUT2D eigenvalue weighted by atomic mass is 9.99. The van der Waals surface area contributed by atoms with Crippen molar-refractivity contribution in [2.45, 2.75) is 52.2 Å². The van der Waals surface area contributed by atoms with Crippen molar-refractivity contribution in [3.8, 4) is 11.1 Å². The summed E-state index contributed by atoms with van der Waals surface area (Å²) in [7, 11) is 0. The van der Waals surface area contributed by atoms with Gasteiger partial charge in [-0.15, -0.1) is 0 Å². The van der Waals surface area contributed by atoms with Crippen molar-refractivity contribution in [1.82, 2.24) is 14.7 Å². The van der Waals surface area contributed by atoms with Crippen molar-refractivity contribution < 1.29 is 23.8 Å². The molecule has 1 N–H and O–H groups in total. The van der Waals surface area contributed by atoms with Gasteiger partial charge in [-0.05, 0) is 58.2 Å². The highest BCUT2D eigenvalue weighted by atomic mass is 19.1. The van der Waals surface area contributed by atoms with E-state index in [2.05, 4.69) is 5.10 Å². The Morgan fingerprint density at radius 2 is 1.90 bits per heavy atom. The number of carbonyl (C=O) groups is 2. The van der Waals surface area contributed by atoms with E-state index in [1.54, 1.807) is 22.0 Å². The number of carboxylic acid groups (broad SMARTS) is 1. The molecule has 0 unspecified atom stereocenters. The molecule has 1 aliphatic heterocycles. The fourth-order valence-electron chi connectivity index (χ4n) is 3.41. The molecule has 0 atom stereocenters. The summed E-state index contributed by atoms with van der Waals surface area (Å²) in [4.78, 5) is 25.4. The summed E-state index contributed by atoms with van der Waals surface area (Å²) >= 11 is 0. The van der Waals surface area contributed by atoms with Gasteiger partial charge in [-0.1, -0.05) is 0 Å². The Morgan fingerprint density at radius 3 is 2.48 bits per heavy atom. The van der Waals surface area contributed by atoms with Gasteiger partial charge < -0.3 is 14.7 Å². The van der Waals surface area contributed by atoms with Crippen molar-refractivity contribution in [2.75, 3.05) is 13.1 Å². The molecule has 1 fully saturated rings. The first-order valence-electron chi connectivity index (χ1n) is 9.61. The minimum absolute atomic E-state index is 0.0446. The van der Waals surface area contributed by atoms with Crippen LogP contribution in [0.3, 0.4) is 0 Å². The standard InChI is InChI=1S/C21H26FN3O4/c1-13-9-17(19(26)27)16(10-18(13)22)14-11-23-25(12-14)15-5-7-24(8-6-15)20(28)29-21(2,3)4/h9-12,15H,5-8H2,1-4H3,(H,26,27). The molecule has 2 aromatic rings. The predicted octanol–water partition coefficient (Wildman–Crippen LogP) is 4.27. The van der Waals surface area contributed by atoms with Gasteiger partial charge in [0.15, 0.2) is 0 Å². The van der Waals surface area contributed by atoms with Gasteiger partial charge >= 0.3 is 12.1 Å². The Balaban J connectivity index is 1.73. The summed E-state index contributed by atoms with van der Waals surface area (Å²) in [6, 6.07) is 2.65. The maximum Gasteiger partial charge on any atom is 0.410 e. The molecule has 1 aromatic carbocycles. The summed E-state index contributed by atoms with van der Waals surface area (Å²) < 4.78 is 21.2. The third-order valence-electron chi connectivity index (χ3n) is 4.93. The highest BCUT2D eigenvalue weighted by Crippen LogP contribution is 2.29. The number of carboxylic acids is 1. The SMILES string of the molecule is Cc1cc(C(=O)O)c(-c2cnn(C3CCN(C(=O)OC(C)(C)C)CC3)c2)cc1F. The molecule has 3 rings (SSSR count). The van der Waals surface area contributed by atoms with Crippen LogP contribution in [-0.4, -0.2) is 50.5 Å². The third kappa shape index (κ3) is 4.75. The molecular weight excluding hydrogens is 377 g/mol. The molecule has 29 heavy (non-hydrogen) atoms. The van der Waals surface area contributed by atoms with Gasteiger partial charge in [0.25, 0.3) is 0 Å². The highest BCUT2D eigenvalue weighted by molar-refractivity contribution is 5.96. The molecule has 0 saturated carbocycles. The number of carbonyl (C=O) groups excluding carboxylic acids is 1. The van der Waals surface area contributed by atoms with Gasteiger partial charge in [-0.2, -0.15) is 5.10 Å². The van der Waals surface area contributed by atoms with E-state index in [0.717, 1.165) is 0 Å². The van der Waals surface area contributed by atoms with Crippen molar-refractivity contribution in [1.29, 1.82) is 0 Å². The third-order valence-corrected chi connectivity index (χ3v) is 4.93. The van der Waals surface area contributed by atoms with Crippen molar-refractivity contribution in [3.63, 3.8) is 0 Å². The van der Waals surface area contributed by atoms with Crippen molar-refractivity contribution in [3.05, 3.63) is 41.5 Å². The summed E-state index contributed by atoms with van der Waals surface area (Å²) in [5.41, 5.74) is 0.654. The first kappa shape index (κ1) is 20.8. The van der Waals surface area contributed by atoms with Gasteiger partial charge in [0.2, 0.25) is 0 Å². The van der Waals surface area contributed by atoms with E-state index < -0.39 is 17.4 Å². The maximum absolute atomic E-state index is 14.0. The predicted molar refractivity (Wildman–Crippen MR) is 105 cm³/mol. The molecule has 7 nitrogen and oxygen atoms in total. The molecule has 0 bridgehead atoms. The van der Waals surface area contributed by atoms with Crippen LogP contribution in [0, 0.1) is 12.7 Å².